The Morgan fingerprint density at radius 1 is 0.793 bits per heavy atom. The number of esters is 1. The Balaban J connectivity index is 1.76. The molecular formula is C23H16F2O4. The zero-order valence-electron chi connectivity index (χ0n) is 15.4. The third kappa shape index (κ3) is 4.60. The third-order valence-electron chi connectivity index (χ3n) is 4.28. The van der Waals surface area contributed by atoms with Crippen molar-refractivity contribution in [3.63, 3.8) is 0 Å². The molecule has 0 aliphatic rings. The number of benzene rings is 3. The molecule has 0 saturated carbocycles. The lowest BCUT2D eigenvalue weighted by Gasteiger charge is -2.09. The van der Waals surface area contributed by atoms with Crippen molar-refractivity contribution < 1.29 is 27.9 Å². The van der Waals surface area contributed by atoms with Gasteiger partial charge in [0.15, 0.2) is 29.8 Å². The molecule has 0 atom stereocenters. The number of Topliss-reactive ketones (excluding diaryl/α,β-unsaturated/α-hetero) is 1. The Labute approximate surface area is 165 Å². The van der Waals surface area contributed by atoms with Gasteiger partial charge in [0, 0.05) is 16.7 Å². The molecule has 3 aromatic carbocycles. The molecule has 0 saturated heterocycles. The van der Waals surface area contributed by atoms with Crippen LogP contribution in [0.5, 0.6) is 0 Å². The van der Waals surface area contributed by atoms with Crippen LogP contribution in [0.1, 0.15) is 42.2 Å². The first-order chi connectivity index (χ1) is 13.9. The summed E-state index contributed by atoms with van der Waals surface area (Å²) in [6, 6.07) is 15.7. The first-order valence-electron chi connectivity index (χ1n) is 8.72. The molecule has 0 bridgehead atoms. The summed E-state index contributed by atoms with van der Waals surface area (Å²) < 4.78 is 31.2. The Morgan fingerprint density at radius 3 is 2.07 bits per heavy atom. The van der Waals surface area contributed by atoms with Crippen molar-refractivity contribution in [2.24, 2.45) is 0 Å². The van der Waals surface area contributed by atoms with Gasteiger partial charge in [-0.15, -0.1) is 0 Å². The Morgan fingerprint density at radius 2 is 1.41 bits per heavy atom. The number of carbonyl (C=O) groups excluding carboxylic acids is 3. The van der Waals surface area contributed by atoms with Crippen molar-refractivity contribution >= 4 is 17.5 Å². The number of carbonyl (C=O) groups is 3. The van der Waals surface area contributed by atoms with Crippen LogP contribution in [0.15, 0.2) is 66.7 Å². The molecule has 3 aromatic rings. The van der Waals surface area contributed by atoms with Crippen LogP contribution < -0.4 is 0 Å². The lowest BCUT2D eigenvalue weighted by atomic mass is 9.98. The molecule has 0 aliphatic carbocycles. The Bertz CT molecular complexity index is 1090. The van der Waals surface area contributed by atoms with E-state index in [1.165, 1.54) is 12.1 Å². The van der Waals surface area contributed by atoms with Crippen LogP contribution in [-0.4, -0.2) is 24.1 Å². The van der Waals surface area contributed by atoms with Crippen LogP contribution in [0.2, 0.25) is 0 Å². The van der Waals surface area contributed by atoms with Crippen LogP contribution >= 0.6 is 0 Å². The van der Waals surface area contributed by atoms with E-state index in [-0.39, 0.29) is 22.5 Å². The van der Waals surface area contributed by atoms with Crippen LogP contribution in [0.25, 0.3) is 0 Å². The summed E-state index contributed by atoms with van der Waals surface area (Å²) in [5, 5.41) is 0. The number of halogens is 2. The summed E-state index contributed by atoms with van der Waals surface area (Å²) in [4.78, 5) is 37.3. The molecule has 3 rings (SSSR count). The molecule has 0 aromatic heterocycles. The van der Waals surface area contributed by atoms with E-state index in [1.54, 1.807) is 36.4 Å². The molecule has 0 aliphatic heterocycles. The van der Waals surface area contributed by atoms with Crippen molar-refractivity contribution in [1.82, 2.24) is 0 Å². The van der Waals surface area contributed by atoms with Gasteiger partial charge < -0.3 is 4.74 Å². The SMILES string of the molecule is Cc1ccc(C(=O)c2ccccc2C(=O)OCC(=O)c2ccc(F)c(F)c2)cc1. The number of aryl methyl sites for hydroxylation is 1. The van der Waals surface area contributed by atoms with Gasteiger partial charge in [0.1, 0.15) is 0 Å². The summed E-state index contributed by atoms with van der Waals surface area (Å²) in [5.74, 6) is -4.17. The molecule has 6 heteroatoms. The summed E-state index contributed by atoms with van der Waals surface area (Å²) in [6.45, 7) is 1.22. The lowest BCUT2D eigenvalue weighted by Crippen LogP contribution is -2.17. The van der Waals surface area contributed by atoms with E-state index in [0.717, 1.165) is 23.8 Å². The van der Waals surface area contributed by atoms with E-state index < -0.39 is 30.0 Å². The highest BCUT2D eigenvalue weighted by Gasteiger charge is 2.20. The maximum atomic E-state index is 13.3. The first kappa shape index (κ1) is 20.1. The van der Waals surface area contributed by atoms with Crippen LogP contribution in [0, 0.1) is 18.6 Å². The lowest BCUT2D eigenvalue weighted by molar-refractivity contribution is 0.0473. The van der Waals surface area contributed by atoms with Crippen molar-refractivity contribution in [1.29, 1.82) is 0 Å². The highest BCUT2D eigenvalue weighted by atomic mass is 19.2. The van der Waals surface area contributed by atoms with Gasteiger partial charge >= 0.3 is 5.97 Å². The van der Waals surface area contributed by atoms with Crippen LogP contribution in [0.3, 0.4) is 0 Å². The first-order valence-corrected chi connectivity index (χ1v) is 8.72. The molecule has 0 spiro atoms. The average Bonchev–Trinajstić information content (AvgIpc) is 2.73. The zero-order chi connectivity index (χ0) is 21.0. The smallest absolute Gasteiger partial charge is 0.339 e. The van der Waals surface area contributed by atoms with Gasteiger partial charge in [0.25, 0.3) is 0 Å². The van der Waals surface area contributed by atoms with Gasteiger partial charge in [-0.05, 0) is 31.2 Å². The second kappa shape index (κ2) is 8.56. The predicted molar refractivity (Wildman–Crippen MR) is 102 cm³/mol. The monoisotopic (exact) mass is 394 g/mol. The van der Waals surface area contributed by atoms with Crippen molar-refractivity contribution in [2.45, 2.75) is 6.92 Å². The molecule has 0 radical (unpaired) electrons. The molecule has 0 amide bonds. The molecule has 0 heterocycles. The van der Waals surface area contributed by atoms with Gasteiger partial charge in [-0.1, -0.05) is 48.0 Å². The van der Waals surface area contributed by atoms with Gasteiger partial charge in [0.05, 0.1) is 5.56 Å². The van der Waals surface area contributed by atoms with Crippen molar-refractivity contribution in [3.8, 4) is 0 Å². The topological polar surface area (TPSA) is 60.4 Å². The van der Waals surface area contributed by atoms with E-state index in [4.69, 9.17) is 4.74 Å². The van der Waals surface area contributed by atoms with E-state index in [1.807, 2.05) is 6.92 Å². The summed E-state index contributed by atoms with van der Waals surface area (Å²) >= 11 is 0. The molecule has 29 heavy (non-hydrogen) atoms. The minimum Gasteiger partial charge on any atom is -0.454 e. The quantitative estimate of drug-likeness (QED) is 0.455. The summed E-state index contributed by atoms with van der Waals surface area (Å²) in [5.41, 5.74) is 1.43. The Kier molecular flexibility index (Phi) is 5.93. The second-order valence-electron chi connectivity index (χ2n) is 6.37. The van der Waals surface area contributed by atoms with Crippen LogP contribution in [0.4, 0.5) is 8.78 Å². The maximum absolute atomic E-state index is 13.3. The summed E-state index contributed by atoms with van der Waals surface area (Å²) in [7, 11) is 0. The molecular weight excluding hydrogens is 378 g/mol. The highest BCUT2D eigenvalue weighted by Crippen LogP contribution is 2.17. The largest absolute Gasteiger partial charge is 0.454 e. The maximum Gasteiger partial charge on any atom is 0.339 e. The molecule has 0 N–H and O–H groups in total. The fourth-order valence-electron chi connectivity index (χ4n) is 2.68. The molecule has 146 valence electrons. The Hall–Kier alpha value is -3.67. The predicted octanol–water partition coefficient (Wildman–Crippen LogP) is 4.54. The number of ketones is 2. The van der Waals surface area contributed by atoms with E-state index in [9.17, 15) is 23.2 Å². The number of hydrogen-bond acceptors (Lipinski definition) is 4. The van der Waals surface area contributed by atoms with Gasteiger partial charge in [-0.25, -0.2) is 13.6 Å². The zero-order valence-corrected chi connectivity index (χ0v) is 15.4. The van der Waals surface area contributed by atoms with Crippen molar-refractivity contribution in [2.75, 3.05) is 6.61 Å². The average molecular weight is 394 g/mol. The minimum absolute atomic E-state index is 0.0103. The van der Waals surface area contributed by atoms with Crippen molar-refractivity contribution in [3.05, 3.63) is 106 Å². The second-order valence-corrected chi connectivity index (χ2v) is 6.37. The van der Waals surface area contributed by atoms with E-state index in [0.29, 0.717) is 5.56 Å². The fraction of sp³-hybridized carbons (Fsp3) is 0.0870. The fourth-order valence-corrected chi connectivity index (χ4v) is 2.68. The normalized spacial score (nSPS) is 10.4. The van der Waals surface area contributed by atoms with Gasteiger partial charge in [0.2, 0.25) is 0 Å². The van der Waals surface area contributed by atoms with E-state index in [2.05, 4.69) is 0 Å². The van der Waals surface area contributed by atoms with E-state index >= 15 is 0 Å². The number of rotatable bonds is 6. The number of hydrogen-bond donors (Lipinski definition) is 0. The van der Waals surface area contributed by atoms with Gasteiger partial charge in [-0.2, -0.15) is 0 Å². The minimum atomic E-state index is -1.17. The molecule has 0 fully saturated rings. The molecule has 0 unspecified atom stereocenters. The standard InChI is InChI=1S/C23H16F2O4/c1-14-6-8-15(9-7-14)22(27)17-4-2-3-5-18(17)23(28)29-13-21(26)16-10-11-19(24)20(25)12-16/h2-12H,13H2,1H3. The summed E-state index contributed by atoms with van der Waals surface area (Å²) in [6.07, 6.45) is 0. The third-order valence-corrected chi connectivity index (χ3v) is 4.28. The van der Waals surface area contributed by atoms with Crippen LogP contribution in [-0.2, 0) is 4.74 Å². The molecule has 4 nitrogen and oxygen atoms in total. The number of ether oxygens (including phenoxy) is 1. The highest BCUT2D eigenvalue weighted by molar-refractivity contribution is 6.14. The van der Waals surface area contributed by atoms with Gasteiger partial charge in [-0.3, -0.25) is 9.59 Å².